The van der Waals surface area contributed by atoms with Crippen molar-refractivity contribution in [2.75, 3.05) is 40.3 Å². The highest BCUT2D eigenvalue weighted by atomic mass is 16.4. The molecule has 0 aromatic rings. The van der Waals surface area contributed by atoms with Gasteiger partial charge < -0.3 is 19.7 Å². The molecule has 14 heavy (non-hydrogen) atoms. The Kier molecular flexibility index (Phi) is 4.35. The van der Waals surface area contributed by atoms with Crippen LogP contribution in [0.2, 0.25) is 0 Å². The Bertz CT molecular complexity index is 187. The van der Waals surface area contributed by atoms with Gasteiger partial charge in [0.25, 0.3) is 0 Å². The van der Waals surface area contributed by atoms with Crippen LogP contribution in [0.5, 0.6) is 0 Å². The summed E-state index contributed by atoms with van der Waals surface area (Å²) in [5.41, 5.74) is 0. The summed E-state index contributed by atoms with van der Waals surface area (Å²) >= 11 is 0. The predicted octanol–water partition coefficient (Wildman–Crippen LogP) is -3.82. The monoisotopic (exact) mass is 201 g/mol. The molecular weight excluding hydrogens is 180 g/mol. The van der Waals surface area contributed by atoms with Gasteiger partial charge >= 0.3 is 0 Å². The van der Waals surface area contributed by atoms with Crippen molar-refractivity contribution in [1.29, 1.82) is 0 Å². The normalized spacial score (nSPS) is 27.9. The quantitative estimate of drug-likeness (QED) is 0.490. The zero-order valence-electron chi connectivity index (χ0n) is 9.14. The van der Waals surface area contributed by atoms with E-state index in [0.29, 0.717) is 0 Å². The van der Waals surface area contributed by atoms with Gasteiger partial charge in [-0.3, -0.25) is 0 Å². The van der Waals surface area contributed by atoms with Crippen molar-refractivity contribution < 1.29 is 19.7 Å². The number of piperidine rings is 1. The third-order valence-corrected chi connectivity index (χ3v) is 3.00. The van der Waals surface area contributed by atoms with Gasteiger partial charge in [0, 0.05) is 24.7 Å². The first-order valence-corrected chi connectivity index (χ1v) is 5.43. The second-order valence-corrected chi connectivity index (χ2v) is 4.55. The molecule has 0 spiro atoms. The first kappa shape index (κ1) is 11.5. The molecular formula is C10H21N2O2+. The molecule has 1 rings (SSSR count). The van der Waals surface area contributed by atoms with Gasteiger partial charge in [0.2, 0.25) is 0 Å². The molecule has 0 aromatic carbocycles. The number of nitrogens with one attached hydrogen (secondary N) is 2. The molecule has 0 radical (unpaired) electrons. The summed E-state index contributed by atoms with van der Waals surface area (Å²) in [5, 5.41) is 10.6. The van der Waals surface area contributed by atoms with Gasteiger partial charge in [-0.25, -0.2) is 0 Å². The zero-order valence-corrected chi connectivity index (χ0v) is 9.14. The van der Waals surface area contributed by atoms with Crippen molar-refractivity contribution in [2.45, 2.75) is 12.8 Å². The molecule has 1 aliphatic heterocycles. The highest BCUT2D eigenvalue weighted by Crippen LogP contribution is 2.07. The minimum absolute atomic E-state index is 0.189. The average Bonchev–Trinajstić information content (AvgIpc) is 2.15. The number of carboxylic acid groups (broad SMARTS) is 1. The molecule has 82 valence electrons. The van der Waals surface area contributed by atoms with Crippen molar-refractivity contribution in [3.63, 3.8) is 0 Å². The molecule has 4 heteroatoms. The predicted molar refractivity (Wildman–Crippen MR) is 51.0 cm³/mol. The van der Waals surface area contributed by atoms with E-state index in [2.05, 4.69) is 14.1 Å². The van der Waals surface area contributed by atoms with E-state index in [1.165, 1.54) is 4.90 Å². The van der Waals surface area contributed by atoms with Crippen molar-refractivity contribution >= 4 is 5.97 Å². The minimum Gasteiger partial charge on any atom is -0.550 e. The van der Waals surface area contributed by atoms with Crippen LogP contribution in [0, 0.1) is 5.92 Å². The van der Waals surface area contributed by atoms with Crippen LogP contribution in [0.15, 0.2) is 0 Å². The van der Waals surface area contributed by atoms with Crippen molar-refractivity contribution in [3.8, 4) is 0 Å². The smallest absolute Gasteiger partial charge is 0.127 e. The second kappa shape index (κ2) is 5.32. The second-order valence-electron chi connectivity index (χ2n) is 4.55. The molecule has 1 heterocycles. The number of hydrogen-bond donors (Lipinski definition) is 2. The Balaban J connectivity index is 2.19. The third kappa shape index (κ3) is 3.64. The van der Waals surface area contributed by atoms with E-state index in [-0.39, 0.29) is 5.92 Å². The van der Waals surface area contributed by atoms with E-state index in [1.54, 1.807) is 4.90 Å². The van der Waals surface area contributed by atoms with E-state index in [0.717, 1.165) is 39.0 Å². The van der Waals surface area contributed by atoms with Crippen molar-refractivity contribution in [2.24, 2.45) is 5.92 Å². The number of hydrogen-bond acceptors (Lipinski definition) is 2. The third-order valence-electron chi connectivity index (χ3n) is 3.00. The Morgan fingerprint density at radius 3 is 2.43 bits per heavy atom. The van der Waals surface area contributed by atoms with Crippen molar-refractivity contribution in [1.82, 2.24) is 0 Å². The Hall–Kier alpha value is -0.610. The summed E-state index contributed by atoms with van der Waals surface area (Å²) in [5.74, 6) is -1.05. The summed E-state index contributed by atoms with van der Waals surface area (Å²) in [7, 11) is 4.29. The van der Waals surface area contributed by atoms with Crippen LogP contribution in [-0.4, -0.2) is 46.2 Å². The first-order valence-electron chi connectivity index (χ1n) is 5.43. The van der Waals surface area contributed by atoms with Gasteiger partial charge in [0.1, 0.15) is 13.1 Å². The van der Waals surface area contributed by atoms with Crippen LogP contribution in [-0.2, 0) is 4.79 Å². The molecule has 2 N–H and O–H groups in total. The zero-order chi connectivity index (χ0) is 10.6. The molecule has 0 saturated carbocycles. The Morgan fingerprint density at radius 1 is 1.43 bits per heavy atom. The molecule has 1 fully saturated rings. The van der Waals surface area contributed by atoms with Gasteiger partial charge in [-0.15, -0.1) is 0 Å². The Morgan fingerprint density at radius 2 is 2.00 bits per heavy atom. The number of likely N-dealkylation sites (tertiary alicyclic amines) is 1. The van der Waals surface area contributed by atoms with E-state index < -0.39 is 5.97 Å². The summed E-state index contributed by atoms with van der Waals surface area (Å²) in [6.07, 6.45) is 1.58. The number of rotatable bonds is 4. The van der Waals surface area contributed by atoms with Crippen LogP contribution in [0.25, 0.3) is 0 Å². The number of carbonyl (C=O) groups excluding carboxylic acids is 1. The van der Waals surface area contributed by atoms with Gasteiger partial charge in [-0.05, 0) is 0 Å². The van der Waals surface area contributed by atoms with Crippen LogP contribution in [0.4, 0.5) is 0 Å². The molecule has 0 bridgehead atoms. The van der Waals surface area contributed by atoms with Crippen LogP contribution >= 0.6 is 0 Å². The molecule has 0 atom stereocenters. The molecule has 0 aromatic heterocycles. The maximum absolute atomic E-state index is 10.6. The van der Waals surface area contributed by atoms with Gasteiger partial charge in [-0.1, -0.05) is 0 Å². The highest BCUT2D eigenvalue weighted by molar-refractivity contribution is 5.67. The fraction of sp³-hybridized carbons (Fsp3) is 0.900. The maximum atomic E-state index is 10.6. The topological polar surface area (TPSA) is 49.0 Å². The lowest BCUT2D eigenvalue weighted by Crippen LogP contribution is -3.18. The molecule has 1 saturated heterocycles. The lowest BCUT2D eigenvalue weighted by atomic mass is 9.97. The van der Waals surface area contributed by atoms with Gasteiger partial charge in [0.05, 0.1) is 27.2 Å². The van der Waals surface area contributed by atoms with E-state index in [9.17, 15) is 9.90 Å². The fourth-order valence-corrected chi connectivity index (χ4v) is 1.94. The first-order chi connectivity index (χ1) is 6.59. The molecule has 0 aliphatic carbocycles. The summed E-state index contributed by atoms with van der Waals surface area (Å²) < 4.78 is 0. The summed E-state index contributed by atoms with van der Waals surface area (Å²) in [6, 6.07) is 0. The number of likely N-dealkylation sites (N-methyl/N-ethyl adjacent to an activating group) is 1. The number of aliphatic carboxylic acids is 1. The van der Waals surface area contributed by atoms with Crippen LogP contribution in [0.3, 0.4) is 0 Å². The molecule has 0 unspecified atom stereocenters. The SMILES string of the molecule is C[NH+](C)CC[NH+]1CCC(C(=O)[O-])CC1. The number of quaternary nitrogens is 2. The van der Waals surface area contributed by atoms with E-state index >= 15 is 0 Å². The fourth-order valence-electron chi connectivity index (χ4n) is 1.94. The van der Waals surface area contributed by atoms with Gasteiger partial charge in [-0.2, -0.15) is 0 Å². The molecule has 1 aliphatic rings. The van der Waals surface area contributed by atoms with E-state index in [1.807, 2.05) is 0 Å². The van der Waals surface area contributed by atoms with Crippen molar-refractivity contribution in [3.05, 3.63) is 0 Å². The van der Waals surface area contributed by atoms with Crippen LogP contribution < -0.4 is 14.9 Å². The highest BCUT2D eigenvalue weighted by Gasteiger charge is 2.22. The Labute approximate surface area is 85.5 Å². The minimum atomic E-state index is -0.859. The van der Waals surface area contributed by atoms with Crippen LogP contribution in [0.1, 0.15) is 12.8 Å². The molecule has 0 amide bonds. The maximum Gasteiger partial charge on any atom is 0.127 e. The lowest BCUT2D eigenvalue weighted by molar-refractivity contribution is -0.945. The standard InChI is InChI=1S/C10H20N2O2/c1-11(2)7-8-12-5-3-9(4-6-12)10(13)14/h9H,3-8H2,1-2H3,(H,13,14)/p+1. The lowest BCUT2D eigenvalue weighted by Gasteiger charge is -2.29. The summed E-state index contributed by atoms with van der Waals surface area (Å²) in [4.78, 5) is 13.6. The van der Waals surface area contributed by atoms with E-state index in [4.69, 9.17) is 0 Å². The number of carbonyl (C=O) groups is 1. The largest absolute Gasteiger partial charge is 0.550 e. The molecule has 4 nitrogen and oxygen atoms in total. The number of carboxylic acids is 1. The van der Waals surface area contributed by atoms with Gasteiger partial charge in [0.15, 0.2) is 0 Å². The average molecular weight is 201 g/mol. The summed E-state index contributed by atoms with van der Waals surface area (Å²) in [6.45, 7) is 4.30.